The maximum Gasteiger partial charge on any atom is 0.338 e. The highest BCUT2D eigenvalue weighted by Crippen LogP contribution is 2.29. The number of halogens is 1. The lowest BCUT2D eigenvalue weighted by Crippen LogP contribution is -2.14. The largest absolute Gasteiger partial charge is 0.493 e. The van der Waals surface area contributed by atoms with E-state index in [9.17, 15) is 9.59 Å². The molecule has 0 atom stereocenters. The summed E-state index contributed by atoms with van der Waals surface area (Å²) in [7, 11) is 1.49. The molecule has 3 aromatic carbocycles. The van der Waals surface area contributed by atoms with E-state index in [-0.39, 0.29) is 18.0 Å². The number of methoxy groups -OCH3 is 1. The number of carbonyl (C=O) groups is 2. The molecule has 5 nitrogen and oxygen atoms in total. The zero-order valence-corrected chi connectivity index (χ0v) is 17.4. The number of hydrogen-bond acceptors (Lipinski definition) is 5. The van der Waals surface area contributed by atoms with E-state index in [0.29, 0.717) is 28.7 Å². The molecule has 0 bridgehead atoms. The number of aryl methyl sites for hydroxylation is 1. The standard InChI is InChI=1S/C24H21ClO5/c1-16-3-5-17(6-4-16)14-29-22-12-9-19(13-23(22)28-2)24(27)30-15-21(26)18-7-10-20(25)11-8-18/h3-13H,14-15H2,1-2H3. The fourth-order valence-corrected chi connectivity index (χ4v) is 2.82. The summed E-state index contributed by atoms with van der Waals surface area (Å²) in [6.07, 6.45) is 0. The highest BCUT2D eigenvalue weighted by atomic mass is 35.5. The molecule has 0 spiro atoms. The third-order valence-corrected chi connectivity index (χ3v) is 4.67. The van der Waals surface area contributed by atoms with Gasteiger partial charge in [-0.05, 0) is 55.0 Å². The lowest BCUT2D eigenvalue weighted by molar-refractivity contribution is 0.0474. The van der Waals surface area contributed by atoms with Gasteiger partial charge in [0.25, 0.3) is 0 Å². The van der Waals surface area contributed by atoms with E-state index in [4.69, 9.17) is 25.8 Å². The zero-order valence-electron chi connectivity index (χ0n) is 16.7. The van der Waals surface area contributed by atoms with Gasteiger partial charge in [-0.2, -0.15) is 0 Å². The normalized spacial score (nSPS) is 10.4. The molecule has 0 aliphatic heterocycles. The first-order valence-corrected chi connectivity index (χ1v) is 9.66. The van der Waals surface area contributed by atoms with Crippen LogP contribution in [0.25, 0.3) is 0 Å². The summed E-state index contributed by atoms with van der Waals surface area (Å²) in [6, 6.07) is 19.1. The van der Waals surface area contributed by atoms with E-state index < -0.39 is 5.97 Å². The molecule has 30 heavy (non-hydrogen) atoms. The summed E-state index contributed by atoms with van der Waals surface area (Å²) < 4.78 is 16.3. The zero-order chi connectivity index (χ0) is 21.5. The fraction of sp³-hybridized carbons (Fsp3) is 0.167. The second-order valence-corrected chi connectivity index (χ2v) is 7.08. The maximum absolute atomic E-state index is 12.3. The first-order chi connectivity index (χ1) is 14.5. The average Bonchev–Trinajstić information content (AvgIpc) is 2.77. The van der Waals surface area contributed by atoms with Crippen LogP contribution in [-0.2, 0) is 11.3 Å². The minimum Gasteiger partial charge on any atom is -0.493 e. The number of rotatable bonds is 8. The molecule has 0 aliphatic rings. The van der Waals surface area contributed by atoms with Gasteiger partial charge < -0.3 is 14.2 Å². The third-order valence-electron chi connectivity index (χ3n) is 4.41. The third kappa shape index (κ3) is 5.61. The van der Waals surface area contributed by atoms with Gasteiger partial charge in [0.1, 0.15) is 6.61 Å². The average molecular weight is 425 g/mol. The van der Waals surface area contributed by atoms with Crippen LogP contribution in [0.1, 0.15) is 31.8 Å². The van der Waals surface area contributed by atoms with Crippen molar-refractivity contribution < 1.29 is 23.8 Å². The molecule has 0 heterocycles. The monoisotopic (exact) mass is 424 g/mol. The smallest absolute Gasteiger partial charge is 0.338 e. The first-order valence-electron chi connectivity index (χ1n) is 9.28. The SMILES string of the molecule is COc1cc(C(=O)OCC(=O)c2ccc(Cl)cc2)ccc1OCc1ccc(C)cc1. The van der Waals surface area contributed by atoms with Crippen LogP contribution in [0.5, 0.6) is 11.5 Å². The van der Waals surface area contributed by atoms with Crippen LogP contribution in [0.2, 0.25) is 5.02 Å². The quantitative estimate of drug-likeness (QED) is 0.364. The molecule has 0 saturated heterocycles. The molecule has 154 valence electrons. The minimum absolute atomic E-state index is 0.262. The first kappa shape index (κ1) is 21.4. The lowest BCUT2D eigenvalue weighted by Gasteiger charge is -2.12. The number of hydrogen-bond donors (Lipinski definition) is 0. The molecule has 0 unspecified atom stereocenters. The Balaban J connectivity index is 1.61. The Labute approximate surface area is 180 Å². The van der Waals surface area contributed by atoms with Gasteiger partial charge in [-0.15, -0.1) is 0 Å². The van der Waals surface area contributed by atoms with Crippen LogP contribution in [0.4, 0.5) is 0 Å². The van der Waals surface area contributed by atoms with Crippen LogP contribution in [-0.4, -0.2) is 25.5 Å². The predicted molar refractivity (Wildman–Crippen MR) is 115 cm³/mol. The van der Waals surface area contributed by atoms with Crippen molar-refractivity contribution in [2.24, 2.45) is 0 Å². The summed E-state index contributed by atoms with van der Waals surface area (Å²) in [5.74, 6) is -0.0295. The van der Waals surface area contributed by atoms with E-state index in [1.54, 1.807) is 36.4 Å². The van der Waals surface area contributed by atoms with Gasteiger partial charge in [0.15, 0.2) is 23.9 Å². The van der Waals surface area contributed by atoms with Crippen molar-refractivity contribution in [1.29, 1.82) is 0 Å². The lowest BCUT2D eigenvalue weighted by atomic mass is 10.1. The highest BCUT2D eigenvalue weighted by molar-refractivity contribution is 6.30. The number of esters is 1. The van der Waals surface area contributed by atoms with Crippen molar-refractivity contribution in [2.45, 2.75) is 13.5 Å². The van der Waals surface area contributed by atoms with Gasteiger partial charge in [-0.25, -0.2) is 4.79 Å². The molecule has 0 aromatic heterocycles. The van der Waals surface area contributed by atoms with Crippen molar-refractivity contribution in [1.82, 2.24) is 0 Å². The van der Waals surface area contributed by atoms with Crippen LogP contribution in [0.15, 0.2) is 66.7 Å². The fourth-order valence-electron chi connectivity index (χ4n) is 2.69. The van der Waals surface area contributed by atoms with E-state index in [0.717, 1.165) is 5.56 Å². The minimum atomic E-state index is -0.624. The number of ketones is 1. The van der Waals surface area contributed by atoms with E-state index in [1.807, 2.05) is 31.2 Å². The summed E-state index contributed by atoms with van der Waals surface area (Å²) in [6.45, 7) is 2.03. The van der Waals surface area contributed by atoms with Crippen LogP contribution in [0.3, 0.4) is 0 Å². The Morgan fingerprint density at radius 2 is 1.53 bits per heavy atom. The number of Topliss-reactive ketones (excluding diaryl/α,β-unsaturated/α-hetero) is 1. The van der Waals surface area contributed by atoms with E-state index >= 15 is 0 Å². The molecule has 3 aromatic rings. The number of carbonyl (C=O) groups excluding carboxylic acids is 2. The van der Waals surface area contributed by atoms with Crippen molar-refractivity contribution in [3.63, 3.8) is 0 Å². The molecule has 3 rings (SSSR count). The molecule has 0 fully saturated rings. The van der Waals surface area contributed by atoms with Gasteiger partial charge in [-0.1, -0.05) is 41.4 Å². The van der Waals surface area contributed by atoms with Crippen molar-refractivity contribution in [3.8, 4) is 11.5 Å². The molecule has 0 N–H and O–H groups in total. The van der Waals surface area contributed by atoms with Crippen LogP contribution in [0, 0.1) is 6.92 Å². The van der Waals surface area contributed by atoms with E-state index in [2.05, 4.69) is 0 Å². The summed E-state index contributed by atoms with van der Waals surface area (Å²) in [4.78, 5) is 24.5. The van der Waals surface area contributed by atoms with Crippen molar-refractivity contribution >= 4 is 23.4 Å². The molecule has 0 aliphatic carbocycles. The molecule has 0 saturated carbocycles. The van der Waals surface area contributed by atoms with Gasteiger partial charge >= 0.3 is 5.97 Å². The van der Waals surface area contributed by atoms with Crippen molar-refractivity contribution in [2.75, 3.05) is 13.7 Å². The van der Waals surface area contributed by atoms with Crippen LogP contribution >= 0.6 is 11.6 Å². The van der Waals surface area contributed by atoms with Gasteiger partial charge in [-0.3, -0.25) is 4.79 Å². The Hall–Kier alpha value is -3.31. The molecular weight excluding hydrogens is 404 g/mol. The Morgan fingerprint density at radius 1 is 0.867 bits per heavy atom. The maximum atomic E-state index is 12.3. The Morgan fingerprint density at radius 3 is 2.20 bits per heavy atom. The Bertz CT molecular complexity index is 1030. The van der Waals surface area contributed by atoms with Crippen molar-refractivity contribution in [3.05, 3.63) is 94.0 Å². The van der Waals surface area contributed by atoms with Gasteiger partial charge in [0.05, 0.1) is 12.7 Å². The molecule has 0 radical (unpaired) electrons. The van der Waals surface area contributed by atoms with E-state index in [1.165, 1.54) is 18.7 Å². The molecular formula is C24H21ClO5. The van der Waals surface area contributed by atoms with Gasteiger partial charge in [0, 0.05) is 10.6 Å². The number of benzene rings is 3. The summed E-state index contributed by atoms with van der Waals surface area (Å²) >= 11 is 5.81. The molecule has 0 amide bonds. The summed E-state index contributed by atoms with van der Waals surface area (Å²) in [5.41, 5.74) is 2.88. The topological polar surface area (TPSA) is 61.8 Å². The van der Waals surface area contributed by atoms with Crippen LogP contribution < -0.4 is 9.47 Å². The number of ether oxygens (including phenoxy) is 3. The second-order valence-electron chi connectivity index (χ2n) is 6.65. The highest BCUT2D eigenvalue weighted by Gasteiger charge is 2.15. The van der Waals surface area contributed by atoms with Gasteiger partial charge in [0.2, 0.25) is 0 Å². The molecule has 6 heteroatoms. The predicted octanol–water partition coefficient (Wildman–Crippen LogP) is 5.28. The second kappa shape index (κ2) is 9.94. The Kier molecular flexibility index (Phi) is 7.09. The summed E-state index contributed by atoms with van der Waals surface area (Å²) in [5, 5.41) is 0.528.